The summed E-state index contributed by atoms with van der Waals surface area (Å²) in [7, 11) is 2.04. The van der Waals surface area contributed by atoms with Gasteiger partial charge in [0.05, 0.1) is 12.2 Å². The maximum atomic E-state index is 6.20. The van der Waals surface area contributed by atoms with Gasteiger partial charge in [-0.05, 0) is 39.7 Å². The SMILES string of the molecule is CNC1CCC(n2ncc(C)c2Cl)CC1. The summed E-state index contributed by atoms with van der Waals surface area (Å²) in [4.78, 5) is 0. The van der Waals surface area contributed by atoms with Crippen LogP contribution in [0.4, 0.5) is 0 Å². The van der Waals surface area contributed by atoms with Crippen molar-refractivity contribution in [3.63, 3.8) is 0 Å². The van der Waals surface area contributed by atoms with Crippen molar-refractivity contribution in [1.82, 2.24) is 15.1 Å². The molecule has 0 atom stereocenters. The van der Waals surface area contributed by atoms with Crippen molar-refractivity contribution in [2.75, 3.05) is 7.05 Å². The molecule has 1 fully saturated rings. The number of aryl methyl sites for hydroxylation is 1. The van der Waals surface area contributed by atoms with Crippen molar-refractivity contribution in [3.8, 4) is 0 Å². The van der Waals surface area contributed by atoms with Gasteiger partial charge in [0.15, 0.2) is 0 Å². The number of nitrogens with zero attached hydrogens (tertiary/aromatic N) is 2. The van der Waals surface area contributed by atoms with Gasteiger partial charge in [0, 0.05) is 11.6 Å². The summed E-state index contributed by atoms with van der Waals surface area (Å²) in [6.07, 6.45) is 6.64. The topological polar surface area (TPSA) is 29.9 Å². The molecule has 0 bridgehead atoms. The maximum Gasteiger partial charge on any atom is 0.130 e. The van der Waals surface area contributed by atoms with Crippen LogP contribution in [0.3, 0.4) is 0 Å². The molecule has 1 N–H and O–H groups in total. The number of hydrogen-bond acceptors (Lipinski definition) is 2. The highest BCUT2D eigenvalue weighted by molar-refractivity contribution is 6.30. The molecule has 0 unspecified atom stereocenters. The fraction of sp³-hybridized carbons (Fsp3) is 0.727. The Morgan fingerprint density at radius 2 is 2.07 bits per heavy atom. The smallest absolute Gasteiger partial charge is 0.130 e. The highest BCUT2D eigenvalue weighted by Crippen LogP contribution is 2.31. The normalized spacial score (nSPS) is 26.9. The van der Waals surface area contributed by atoms with Gasteiger partial charge in [0.25, 0.3) is 0 Å². The summed E-state index contributed by atoms with van der Waals surface area (Å²) in [5.41, 5.74) is 1.08. The first-order valence-corrected chi connectivity index (χ1v) is 5.97. The van der Waals surface area contributed by atoms with Crippen molar-refractivity contribution in [1.29, 1.82) is 0 Å². The first-order chi connectivity index (χ1) is 7.22. The van der Waals surface area contributed by atoms with Crippen LogP contribution in [0.15, 0.2) is 6.20 Å². The average molecular weight is 228 g/mol. The lowest BCUT2D eigenvalue weighted by atomic mass is 9.91. The van der Waals surface area contributed by atoms with Crippen LogP contribution in [-0.2, 0) is 0 Å². The third-order valence-corrected chi connectivity index (χ3v) is 3.82. The van der Waals surface area contributed by atoms with Gasteiger partial charge in [0.1, 0.15) is 5.15 Å². The van der Waals surface area contributed by atoms with Crippen LogP contribution in [-0.4, -0.2) is 22.9 Å². The van der Waals surface area contributed by atoms with Crippen LogP contribution in [0.25, 0.3) is 0 Å². The molecule has 0 spiro atoms. The molecule has 0 aliphatic heterocycles. The Labute approximate surface area is 95.8 Å². The summed E-state index contributed by atoms with van der Waals surface area (Å²) in [6.45, 7) is 2.01. The van der Waals surface area contributed by atoms with Gasteiger partial charge >= 0.3 is 0 Å². The predicted octanol–water partition coefficient (Wildman–Crippen LogP) is 2.55. The summed E-state index contributed by atoms with van der Waals surface area (Å²) >= 11 is 6.20. The standard InChI is InChI=1S/C11H18ClN3/c1-8-7-14-15(11(8)12)10-5-3-9(13-2)4-6-10/h7,9-10,13H,3-6H2,1-2H3. The molecular weight excluding hydrogens is 210 g/mol. The number of hydrogen-bond donors (Lipinski definition) is 1. The van der Waals surface area contributed by atoms with E-state index in [1.165, 1.54) is 25.7 Å². The van der Waals surface area contributed by atoms with Crippen molar-refractivity contribution < 1.29 is 0 Å². The van der Waals surface area contributed by atoms with E-state index in [1.54, 1.807) is 0 Å². The summed E-state index contributed by atoms with van der Waals surface area (Å²) < 4.78 is 1.99. The zero-order chi connectivity index (χ0) is 10.8. The molecule has 1 heterocycles. The minimum absolute atomic E-state index is 0.496. The third kappa shape index (κ3) is 2.18. The zero-order valence-corrected chi connectivity index (χ0v) is 10.1. The van der Waals surface area contributed by atoms with Crippen LogP contribution in [0.5, 0.6) is 0 Å². The second-order valence-corrected chi connectivity index (χ2v) is 4.72. The molecule has 1 aromatic heterocycles. The van der Waals surface area contributed by atoms with E-state index in [0.717, 1.165) is 10.7 Å². The summed E-state index contributed by atoms with van der Waals surface area (Å²) in [6, 6.07) is 1.17. The molecule has 3 nitrogen and oxygen atoms in total. The van der Waals surface area contributed by atoms with Crippen LogP contribution >= 0.6 is 11.6 Å². The number of rotatable bonds is 2. The van der Waals surface area contributed by atoms with Gasteiger partial charge in [-0.2, -0.15) is 5.10 Å². The zero-order valence-electron chi connectivity index (χ0n) is 9.33. The lowest BCUT2D eigenvalue weighted by molar-refractivity contribution is 0.285. The highest BCUT2D eigenvalue weighted by atomic mass is 35.5. The van der Waals surface area contributed by atoms with E-state index in [1.807, 2.05) is 24.9 Å². The quantitative estimate of drug-likeness (QED) is 0.842. The summed E-state index contributed by atoms with van der Waals surface area (Å²) in [5.74, 6) is 0. The Hall–Kier alpha value is -0.540. The number of halogens is 1. The van der Waals surface area contributed by atoms with Crippen molar-refractivity contribution in [2.24, 2.45) is 0 Å². The van der Waals surface area contributed by atoms with Crippen LogP contribution in [0.1, 0.15) is 37.3 Å². The monoisotopic (exact) mass is 227 g/mol. The van der Waals surface area contributed by atoms with E-state index in [0.29, 0.717) is 12.1 Å². The Balaban J connectivity index is 2.04. The molecule has 1 saturated carbocycles. The molecular formula is C11H18ClN3. The van der Waals surface area contributed by atoms with Crippen molar-refractivity contribution in [3.05, 3.63) is 16.9 Å². The fourth-order valence-electron chi connectivity index (χ4n) is 2.30. The molecule has 0 aromatic carbocycles. The molecule has 1 aliphatic rings. The molecule has 0 saturated heterocycles. The van der Waals surface area contributed by atoms with E-state index < -0.39 is 0 Å². The molecule has 4 heteroatoms. The van der Waals surface area contributed by atoms with Crippen LogP contribution < -0.4 is 5.32 Å². The van der Waals surface area contributed by atoms with Gasteiger partial charge in [0.2, 0.25) is 0 Å². The second kappa shape index (κ2) is 4.54. The molecule has 15 heavy (non-hydrogen) atoms. The van der Waals surface area contributed by atoms with E-state index in [4.69, 9.17) is 11.6 Å². The lowest BCUT2D eigenvalue weighted by Crippen LogP contribution is -2.31. The van der Waals surface area contributed by atoms with Gasteiger partial charge in [-0.15, -0.1) is 0 Å². The fourth-order valence-corrected chi connectivity index (χ4v) is 2.53. The van der Waals surface area contributed by atoms with E-state index >= 15 is 0 Å². The molecule has 0 amide bonds. The van der Waals surface area contributed by atoms with Crippen LogP contribution in [0.2, 0.25) is 5.15 Å². The van der Waals surface area contributed by atoms with Crippen LogP contribution in [0, 0.1) is 6.92 Å². The Bertz CT molecular complexity index is 327. The molecule has 1 aliphatic carbocycles. The van der Waals surface area contributed by atoms with E-state index in [9.17, 15) is 0 Å². The Morgan fingerprint density at radius 1 is 1.40 bits per heavy atom. The maximum absolute atomic E-state index is 6.20. The molecule has 2 rings (SSSR count). The minimum atomic E-state index is 0.496. The van der Waals surface area contributed by atoms with Gasteiger partial charge < -0.3 is 5.32 Å². The Morgan fingerprint density at radius 3 is 2.53 bits per heavy atom. The lowest BCUT2D eigenvalue weighted by Gasteiger charge is -2.28. The first kappa shape index (κ1) is 11.0. The Kier molecular flexibility index (Phi) is 3.32. The third-order valence-electron chi connectivity index (χ3n) is 3.35. The van der Waals surface area contributed by atoms with E-state index in [2.05, 4.69) is 10.4 Å². The largest absolute Gasteiger partial charge is 0.317 e. The minimum Gasteiger partial charge on any atom is -0.317 e. The number of nitrogens with one attached hydrogen (secondary N) is 1. The van der Waals surface area contributed by atoms with Gasteiger partial charge in [-0.25, -0.2) is 0 Å². The molecule has 84 valence electrons. The van der Waals surface area contributed by atoms with E-state index in [-0.39, 0.29) is 0 Å². The van der Waals surface area contributed by atoms with Crippen molar-refractivity contribution >= 4 is 11.6 Å². The average Bonchev–Trinajstić information content (AvgIpc) is 2.60. The number of aromatic nitrogens is 2. The predicted molar refractivity (Wildman–Crippen MR) is 62.3 cm³/mol. The van der Waals surface area contributed by atoms with Gasteiger partial charge in [-0.1, -0.05) is 11.6 Å². The van der Waals surface area contributed by atoms with Crippen molar-refractivity contribution in [2.45, 2.75) is 44.7 Å². The van der Waals surface area contributed by atoms with Gasteiger partial charge in [-0.3, -0.25) is 4.68 Å². The molecule has 1 aromatic rings. The molecule has 0 radical (unpaired) electrons. The highest BCUT2D eigenvalue weighted by Gasteiger charge is 2.23. The summed E-state index contributed by atoms with van der Waals surface area (Å²) in [5, 5.41) is 8.50. The second-order valence-electron chi connectivity index (χ2n) is 4.36. The first-order valence-electron chi connectivity index (χ1n) is 5.59.